The van der Waals surface area contributed by atoms with Gasteiger partial charge < -0.3 is 31.1 Å². The zero-order valence-electron chi connectivity index (χ0n) is 23.8. The Bertz CT molecular complexity index is 1360. The minimum Gasteiger partial charge on any atom is -0.508 e. The quantitative estimate of drug-likeness (QED) is 0.215. The van der Waals surface area contributed by atoms with Gasteiger partial charge in [-0.25, -0.2) is 0 Å². The van der Waals surface area contributed by atoms with E-state index in [1.807, 2.05) is 39.8 Å². The lowest BCUT2D eigenvalue weighted by Crippen LogP contribution is -2.65. The lowest BCUT2D eigenvalue weighted by atomic mass is 9.57. The first-order chi connectivity index (χ1) is 18.4. The molecule has 1 fully saturated rings. The fourth-order valence-corrected chi connectivity index (χ4v) is 6.21. The van der Waals surface area contributed by atoms with Crippen molar-refractivity contribution in [1.82, 2.24) is 10.4 Å². The summed E-state index contributed by atoms with van der Waals surface area (Å²) in [6.45, 7) is 5.65. The summed E-state index contributed by atoms with van der Waals surface area (Å²) in [5.41, 5.74) is 5.70. The number of primary amides is 1. The van der Waals surface area contributed by atoms with E-state index in [9.17, 15) is 34.8 Å². The number of nitrogens with one attached hydrogen (secondary N) is 1. The van der Waals surface area contributed by atoms with E-state index < -0.39 is 63.6 Å². The number of carbonyl (C=O) groups is 3. The number of anilines is 1. The standard InChI is InChI=1S/C28H38N4O8/c1-27(2,3)40-30-11-13-10-16(31(4)5)14-8-12-9-15-20(32(6)7)23(35)19(26(29)38)25(37)28(15,39)24(36)17(12)22(34)18(14)21(13)33/h10,12,15,20,30,33-34,37,39H,8-9,11H2,1-7H3,(H2,29,38)/t12-,15-,20?,28-/m0/s1. The molecule has 40 heavy (non-hydrogen) atoms. The minimum absolute atomic E-state index is 0.0299. The molecule has 0 saturated heterocycles. The summed E-state index contributed by atoms with van der Waals surface area (Å²) < 4.78 is 0. The van der Waals surface area contributed by atoms with E-state index in [0.717, 1.165) is 0 Å². The Kier molecular flexibility index (Phi) is 7.29. The first kappa shape index (κ1) is 29.5. The Balaban J connectivity index is 1.91. The number of fused-ring (bicyclic) bond motifs is 3. The van der Waals surface area contributed by atoms with Crippen LogP contribution in [0.3, 0.4) is 0 Å². The number of hydrogen-bond acceptors (Lipinski definition) is 11. The van der Waals surface area contributed by atoms with Gasteiger partial charge in [0.05, 0.1) is 17.2 Å². The van der Waals surface area contributed by atoms with Gasteiger partial charge >= 0.3 is 0 Å². The zero-order chi connectivity index (χ0) is 30.1. The highest BCUT2D eigenvalue weighted by Crippen LogP contribution is 2.54. The van der Waals surface area contributed by atoms with Crippen LogP contribution in [0.4, 0.5) is 5.69 Å². The Labute approximate surface area is 232 Å². The fraction of sp³-hybridized carbons (Fsp3) is 0.536. The number of likely N-dealkylation sites (N-methyl/N-ethyl adjacent to an activating group) is 1. The van der Waals surface area contributed by atoms with Crippen LogP contribution in [0.1, 0.15) is 43.9 Å². The number of hydroxylamine groups is 1. The number of benzene rings is 1. The van der Waals surface area contributed by atoms with E-state index in [1.54, 1.807) is 20.2 Å². The molecular formula is C28H38N4O8. The third-order valence-corrected chi connectivity index (χ3v) is 7.90. The van der Waals surface area contributed by atoms with Gasteiger partial charge in [-0.05, 0) is 65.3 Å². The minimum atomic E-state index is -2.68. The molecule has 0 aliphatic heterocycles. The number of nitrogens with two attached hydrogens (primary N) is 1. The van der Waals surface area contributed by atoms with Gasteiger partial charge in [-0.1, -0.05) is 0 Å². The number of ketones is 2. The van der Waals surface area contributed by atoms with Crippen molar-refractivity contribution < 1.29 is 39.6 Å². The van der Waals surface area contributed by atoms with Gasteiger partial charge in [-0.2, -0.15) is 5.48 Å². The van der Waals surface area contributed by atoms with E-state index in [0.29, 0.717) is 16.8 Å². The molecule has 1 unspecified atom stereocenters. The summed E-state index contributed by atoms with van der Waals surface area (Å²) in [4.78, 5) is 48.2. The van der Waals surface area contributed by atoms with Crippen LogP contribution in [0.25, 0.3) is 5.76 Å². The van der Waals surface area contributed by atoms with E-state index >= 15 is 0 Å². The molecular weight excluding hydrogens is 520 g/mol. The van der Waals surface area contributed by atoms with Crippen LogP contribution >= 0.6 is 0 Å². The number of phenols is 1. The molecule has 0 radical (unpaired) electrons. The van der Waals surface area contributed by atoms with Gasteiger partial charge in [0.15, 0.2) is 11.4 Å². The molecule has 1 aromatic carbocycles. The van der Waals surface area contributed by atoms with E-state index in [1.165, 1.54) is 4.90 Å². The molecule has 218 valence electrons. The van der Waals surface area contributed by atoms with Gasteiger partial charge in [0, 0.05) is 43.4 Å². The molecule has 0 spiro atoms. The van der Waals surface area contributed by atoms with Crippen LogP contribution in [0.2, 0.25) is 0 Å². The molecule has 3 aliphatic rings. The lowest BCUT2D eigenvalue weighted by Gasteiger charge is -2.50. The highest BCUT2D eigenvalue weighted by molar-refractivity contribution is 6.24. The lowest BCUT2D eigenvalue weighted by molar-refractivity contribution is -0.153. The molecule has 3 aliphatic carbocycles. The second-order valence-electron chi connectivity index (χ2n) is 12.1. The number of aliphatic hydroxyl groups excluding tert-OH is 2. The second kappa shape index (κ2) is 9.88. The largest absolute Gasteiger partial charge is 0.508 e. The molecule has 1 saturated carbocycles. The zero-order valence-corrected chi connectivity index (χ0v) is 23.8. The third-order valence-electron chi connectivity index (χ3n) is 7.90. The molecule has 0 heterocycles. The summed E-state index contributed by atoms with van der Waals surface area (Å²) in [5, 5.41) is 45.5. The predicted molar refractivity (Wildman–Crippen MR) is 146 cm³/mol. The highest BCUT2D eigenvalue weighted by atomic mass is 16.7. The third kappa shape index (κ3) is 4.44. The number of hydrogen-bond donors (Lipinski definition) is 6. The van der Waals surface area contributed by atoms with Gasteiger partial charge in [0.25, 0.3) is 5.91 Å². The number of amides is 1. The van der Waals surface area contributed by atoms with E-state index in [4.69, 9.17) is 10.6 Å². The molecule has 4 atom stereocenters. The number of nitrogens with zero attached hydrogens (tertiary/aromatic N) is 2. The Morgan fingerprint density at radius 3 is 2.33 bits per heavy atom. The first-order valence-corrected chi connectivity index (χ1v) is 13.0. The van der Waals surface area contributed by atoms with Crippen LogP contribution in [-0.4, -0.2) is 88.2 Å². The van der Waals surface area contributed by atoms with Crippen molar-refractivity contribution in [2.45, 2.75) is 57.4 Å². The highest BCUT2D eigenvalue weighted by Gasteiger charge is 2.64. The maximum atomic E-state index is 14.0. The van der Waals surface area contributed by atoms with E-state index in [2.05, 4.69) is 5.48 Å². The maximum Gasteiger partial charge on any atom is 0.255 e. The average molecular weight is 559 g/mol. The van der Waals surface area contributed by atoms with Crippen LogP contribution in [0.15, 0.2) is 23.0 Å². The van der Waals surface area contributed by atoms with Crippen molar-refractivity contribution in [3.05, 3.63) is 39.7 Å². The van der Waals surface area contributed by atoms with Crippen molar-refractivity contribution in [2.24, 2.45) is 17.6 Å². The van der Waals surface area contributed by atoms with Crippen molar-refractivity contribution in [1.29, 1.82) is 0 Å². The van der Waals surface area contributed by atoms with Crippen LogP contribution in [-0.2, 0) is 32.2 Å². The number of carbonyl (C=O) groups excluding carboxylic acids is 3. The average Bonchev–Trinajstić information content (AvgIpc) is 2.81. The number of phenolic OH excluding ortho intramolecular Hbond substituents is 1. The fourth-order valence-electron chi connectivity index (χ4n) is 6.21. The number of Topliss-reactive ketones (excluding diaryl/α,β-unsaturated/α-hetero) is 2. The van der Waals surface area contributed by atoms with Crippen molar-refractivity contribution in [3.8, 4) is 5.75 Å². The van der Waals surface area contributed by atoms with Crippen LogP contribution in [0, 0.1) is 11.8 Å². The van der Waals surface area contributed by atoms with Gasteiger partial charge in [-0.15, -0.1) is 0 Å². The molecule has 0 aromatic heterocycles. The monoisotopic (exact) mass is 558 g/mol. The normalized spacial score (nSPS) is 26.6. The van der Waals surface area contributed by atoms with Crippen molar-refractivity contribution >= 4 is 28.9 Å². The maximum absolute atomic E-state index is 14.0. The van der Waals surface area contributed by atoms with Gasteiger partial charge in [0.2, 0.25) is 5.78 Å². The van der Waals surface area contributed by atoms with E-state index in [-0.39, 0.29) is 36.3 Å². The molecule has 4 rings (SSSR count). The predicted octanol–water partition coefficient (Wildman–Crippen LogP) is 0.850. The van der Waals surface area contributed by atoms with Crippen molar-refractivity contribution in [3.63, 3.8) is 0 Å². The topological polar surface area (TPSA) is 186 Å². The summed E-state index contributed by atoms with van der Waals surface area (Å²) in [6.07, 6.45) is 0.240. The summed E-state index contributed by atoms with van der Waals surface area (Å²) in [7, 11) is 6.75. The van der Waals surface area contributed by atoms with Crippen LogP contribution in [0.5, 0.6) is 5.75 Å². The Morgan fingerprint density at radius 2 is 1.80 bits per heavy atom. The number of aromatic hydroxyl groups is 1. The summed E-state index contributed by atoms with van der Waals surface area (Å²) >= 11 is 0. The summed E-state index contributed by atoms with van der Waals surface area (Å²) in [6, 6.07) is 0.642. The smallest absolute Gasteiger partial charge is 0.255 e. The second-order valence-corrected chi connectivity index (χ2v) is 12.1. The molecule has 12 nitrogen and oxygen atoms in total. The molecule has 0 bridgehead atoms. The Morgan fingerprint density at radius 1 is 1.18 bits per heavy atom. The number of aliphatic hydroxyl groups is 3. The molecule has 12 heteroatoms. The molecule has 1 aromatic rings. The molecule has 1 amide bonds. The van der Waals surface area contributed by atoms with Crippen LogP contribution < -0.4 is 16.1 Å². The number of rotatable bonds is 6. The Hall–Kier alpha value is -3.45. The van der Waals surface area contributed by atoms with Gasteiger partial charge in [-0.3, -0.25) is 24.1 Å². The van der Waals surface area contributed by atoms with Crippen molar-refractivity contribution in [2.75, 3.05) is 33.1 Å². The summed E-state index contributed by atoms with van der Waals surface area (Å²) in [5.74, 6) is -6.78. The first-order valence-electron chi connectivity index (χ1n) is 13.0. The molecule has 7 N–H and O–H groups in total. The SMILES string of the molecule is CN(C)c1cc(CNOC(C)(C)C)c(O)c2c1C[C@H]1C[C@H]3C(N(C)C)C(=O)C(C(N)=O)=C(O)[C@@]3(O)C(=O)C1=C2O. The van der Waals surface area contributed by atoms with Gasteiger partial charge in [0.1, 0.15) is 22.8 Å².